The van der Waals surface area contributed by atoms with Crippen LogP contribution in [0.5, 0.6) is 0 Å². The minimum atomic E-state index is -0.130. The van der Waals surface area contributed by atoms with Gasteiger partial charge >= 0.3 is 0 Å². The third kappa shape index (κ3) is 3.26. The first-order valence-corrected chi connectivity index (χ1v) is 7.91. The number of carbonyl (C=O) groups is 2. The fourth-order valence-corrected chi connectivity index (χ4v) is 3.37. The molecule has 1 saturated carbocycles. The SMILES string of the molecule is O=C(CC(=O)N1CCCc2ccccc21)NC1CCCC1. The lowest BCUT2D eigenvalue weighted by atomic mass is 10.0. The van der Waals surface area contributed by atoms with E-state index in [1.807, 2.05) is 18.2 Å². The minimum Gasteiger partial charge on any atom is -0.353 e. The number of hydrogen-bond donors (Lipinski definition) is 1. The number of hydrogen-bond acceptors (Lipinski definition) is 2. The molecule has 0 bridgehead atoms. The number of benzene rings is 1. The molecule has 1 N–H and O–H groups in total. The second kappa shape index (κ2) is 6.29. The first-order valence-electron chi connectivity index (χ1n) is 7.91. The van der Waals surface area contributed by atoms with E-state index in [9.17, 15) is 9.59 Å². The van der Waals surface area contributed by atoms with Crippen LogP contribution in [0.4, 0.5) is 5.69 Å². The number of nitrogens with zero attached hydrogens (tertiary/aromatic N) is 1. The van der Waals surface area contributed by atoms with Crippen molar-refractivity contribution in [1.82, 2.24) is 5.32 Å². The Bertz CT molecular complexity index is 535. The van der Waals surface area contributed by atoms with Crippen LogP contribution in [0.2, 0.25) is 0 Å². The average Bonchev–Trinajstić information content (AvgIpc) is 2.99. The van der Waals surface area contributed by atoms with Crippen molar-refractivity contribution in [1.29, 1.82) is 0 Å². The quantitative estimate of drug-likeness (QED) is 0.868. The molecule has 0 saturated heterocycles. The van der Waals surface area contributed by atoms with E-state index in [0.29, 0.717) is 6.54 Å². The van der Waals surface area contributed by atoms with Crippen LogP contribution in [0.15, 0.2) is 24.3 Å². The molecule has 0 aromatic heterocycles. The standard InChI is InChI=1S/C17H22N2O2/c20-16(18-14-8-2-3-9-14)12-17(21)19-11-5-7-13-6-1-4-10-15(13)19/h1,4,6,10,14H,2-3,5,7-9,11-12H2,(H,18,20). The summed E-state index contributed by atoms with van der Waals surface area (Å²) >= 11 is 0. The molecule has 0 spiro atoms. The summed E-state index contributed by atoms with van der Waals surface area (Å²) in [4.78, 5) is 26.2. The zero-order chi connectivity index (χ0) is 14.7. The maximum Gasteiger partial charge on any atom is 0.236 e. The average molecular weight is 286 g/mol. The van der Waals surface area contributed by atoms with E-state index in [2.05, 4.69) is 11.4 Å². The molecule has 4 heteroatoms. The van der Waals surface area contributed by atoms with Gasteiger partial charge in [0.1, 0.15) is 6.42 Å². The van der Waals surface area contributed by atoms with Crippen LogP contribution in [0, 0.1) is 0 Å². The second-order valence-corrected chi connectivity index (χ2v) is 6.00. The number of anilines is 1. The van der Waals surface area contributed by atoms with Crippen LogP contribution < -0.4 is 10.2 Å². The third-order valence-electron chi connectivity index (χ3n) is 4.44. The Morgan fingerprint density at radius 2 is 1.90 bits per heavy atom. The van der Waals surface area contributed by atoms with Gasteiger partial charge in [0.15, 0.2) is 0 Å². The van der Waals surface area contributed by atoms with Crippen molar-refractivity contribution in [2.75, 3.05) is 11.4 Å². The summed E-state index contributed by atoms with van der Waals surface area (Å²) < 4.78 is 0. The summed E-state index contributed by atoms with van der Waals surface area (Å²) in [6.45, 7) is 0.715. The number of para-hydroxylation sites is 1. The molecule has 1 aromatic rings. The minimum absolute atomic E-state index is 0.0369. The molecule has 21 heavy (non-hydrogen) atoms. The van der Waals surface area contributed by atoms with Crippen LogP contribution in [0.25, 0.3) is 0 Å². The topological polar surface area (TPSA) is 49.4 Å². The van der Waals surface area contributed by atoms with Crippen molar-refractivity contribution < 1.29 is 9.59 Å². The summed E-state index contributed by atoms with van der Waals surface area (Å²) in [6.07, 6.45) is 6.39. The van der Waals surface area contributed by atoms with Crippen molar-refractivity contribution in [3.63, 3.8) is 0 Å². The number of fused-ring (bicyclic) bond motifs is 1. The molecule has 1 heterocycles. The van der Waals surface area contributed by atoms with Gasteiger partial charge in [0.05, 0.1) is 0 Å². The third-order valence-corrected chi connectivity index (χ3v) is 4.44. The predicted octanol–water partition coefficient (Wildman–Crippen LogP) is 2.41. The lowest BCUT2D eigenvalue weighted by Gasteiger charge is -2.29. The van der Waals surface area contributed by atoms with Gasteiger partial charge in [-0.1, -0.05) is 31.0 Å². The first kappa shape index (κ1) is 14.1. The van der Waals surface area contributed by atoms with E-state index in [4.69, 9.17) is 0 Å². The number of aryl methyl sites for hydroxylation is 1. The molecule has 1 aromatic carbocycles. The number of rotatable bonds is 3. The van der Waals surface area contributed by atoms with E-state index in [0.717, 1.165) is 31.4 Å². The Balaban J connectivity index is 1.62. The Labute approximate surface area is 125 Å². The van der Waals surface area contributed by atoms with Crippen molar-refractivity contribution >= 4 is 17.5 Å². The summed E-state index contributed by atoms with van der Waals surface area (Å²) in [5.41, 5.74) is 2.18. The molecule has 0 radical (unpaired) electrons. The Morgan fingerprint density at radius 3 is 2.71 bits per heavy atom. The van der Waals surface area contributed by atoms with E-state index in [1.165, 1.54) is 18.4 Å². The number of nitrogens with one attached hydrogen (secondary N) is 1. The van der Waals surface area contributed by atoms with Crippen molar-refractivity contribution in [2.45, 2.75) is 51.0 Å². The summed E-state index contributed by atoms with van der Waals surface area (Å²) in [7, 11) is 0. The lowest BCUT2D eigenvalue weighted by Crippen LogP contribution is -2.40. The van der Waals surface area contributed by atoms with Gasteiger partial charge in [-0.25, -0.2) is 0 Å². The smallest absolute Gasteiger partial charge is 0.236 e. The van der Waals surface area contributed by atoms with Gasteiger partial charge < -0.3 is 10.2 Å². The van der Waals surface area contributed by atoms with Crippen LogP contribution in [0.1, 0.15) is 44.1 Å². The molecule has 2 aliphatic rings. The molecule has 4 nitrogen and oxygen atoms in total. The normalized spacial score (nSPS) is 18.4. The Kier molecular flexibility index (Phi) is 4.23. The van der Waals surface area contributed by atoms with Crippen LogP contribution in [-0.4, -0.2) is 24.4 Å². The van der Waals surface area contributed by atoms with Gasteiger partial charge in [-0.15, -0.1) is 0 Å². The monoisotopic (exact) mass is 286 g/mol. The summed E-state index contributed by atoms with van der Waals surface area (Å²) in [5, 5.41) is 2.99. The summed E-state index contributed by atoms with van der Waals surface area (Å²) in [6, 6.07) is 8.26. The highest BCUT2D eigenvalue weighted by atomic mass is 16.2. The Morgan fingerprint density at radius 1 is 1.14 bits per heavy atom. The van der Waals surface area contributed by atoms with Crippen LogP contribution in [0.3, 0.4) is 0 Å². The fourth-order valence-electron chi connectivity index (χ4n) is 3.37. The van der Waals surface area contributed by atoms with E-state index in [1.54, 1.807) is 4.90 Å². The highest BCUT2D eigenvalue weighted by Crippen LogP contribution is 2.27. The fraction of sp³-hybridized carbons (Fsp3) is 0.529. The molecule has 1 aliphatic carbocycles. The van der Waals surface area contributed by atoms with Crippen LogP contribution in [-0.2, 0) is 16.0 Å². The van der Waals surface area contributed by atoms with Gasteiger partial charge in [-0.05, 0) is 37.3 Å². The van der Waals surface area contributed by atoms with Crippen molar-refractivity contribution in [3.05, 3.63) is 29.8 Å². The summed E-state index contributed by atoms with van der Waals surface area (Å²) in [5.74, 6) is -0.215. The van der Waals surface area contributed by atoms with Gasteiger partial charge in [-0.3, -0.25) is 9.59 Å². The van der Waals surface area contributed by atoms with Crippen LogP contribution >= 0.6 is 0 Å². The van der Waals surface area contributed by atoms with Gasteiger partial charge in [-0.2, -0.15) is 0 Å². The Hall–Kier alpha value is -1.84. The maximum absolute atomic E-state index is 12.4. The molecule has 0 unspecified atom stereocenters. The number of amides is 2. The zero-order valence-corrected chi connectivity index (χ0v) is 12.3. The first-order chi connectivity index (χ1) is 10.2. The zero-order valence-electron chi connectivity index (χ0n) is 12.3. The molecule has 112 valence electrons. The molecule has 0 atom stereocenters. The van der Waals surface area contributed by atoms with Crippen molar-refractivity contribution in [2.24, 2.45) is 0 Å². The molecular formula is C17H22N2O2. The molecule has 1 fully saturated rings. The molecule has 2 amide bonds. The predicted molar refractivity (Wildman–Crippen MR) is 82.1 cm³/mol. The van der Waals surface area contributed by atoms with Gasteiger partial charge in [0.25, 0.3) is 0 Å². The van der Waals surface area contributed by atoms with Crippen molar-refractivity contribution in [3.8, 4) is 0 Å². The molecular weight excluding hydrogens is 264 g/mol. The number of carbonyl (C=O) groups excluding carboxylic acids is 2. The van der Waals surface area contributed by atoms with E-state index < -0.39 is 0 Å². The van der Waals surface area contributed by atoms with Gasteiger partial charge in [0, 0.05) is 18.3 Å². The van der Waals surface area contributed by atoms with E-state index >= 15 is 0 Å². The lowest BCUT2D eigenvalue weighted by molar-refractivity contribution is -0.128. The maximum atomic E-state index is 12.4. The second-order valence-electron chi connectivity index (χ2n) is 6.00. The molecule has 1 aliphatic heterocycles. The largest absolute Gasteiger partial charge is 0.353 e. The van der Waals surface area contributed by atoms with E-state index in [-0.39, 0.29) is 24.3 Å². The highest BCUT2D eigenvalue weighted by Gasteiger charge is 2.25. The van der Waals surface area contributed by atoms with Gasteiger partial charge in [0.2, 0.25) is 11.8 Å². The highest BCUT2D eigenvalue weighted by molar-refractivity contribution is 6.05. The molecule has 3 rings (SSSR count).